The highest BCUT2D eigenvalue weighted by molar-refractivity contribution is 6.09. The summed E-state index contributed by atoms with van der Waals surface area (Å²) in [6.45, 7) is 4.11. The number of carboxylic acids is 1. The smallest absolute Gasteiger partial charge is 0.308 e. The minimum atomic E-state index is -0.852. The van der Waals surface area contributed by atoms with E-state index in [1.165, 1.54) is 0 Å². The zero-order valence-electron chi connectivity index (χ0n) is 14.2. The van der Waals surface area contributed by atoms with Crippen molar-refractivity contribution in [1.82, 2.24) is 4.90 Å². The SMILES string of the molecule is Cc1c(C(=O)N2CCC(C(=O)O)C2C)oc2c1ccc1ccccc12. The fraction of sp³-hybridized carbons (Fsp3) is 0.300. The maximum absolute atomic E-state index is 13.0. The Bertz CT molecular complexity index is 1000. The fourth-order valence-corrected chi connectivity index (χ4v) is 3.84. The van der Waals surface area contributed by atoms with Crippen LogP contribution in [0.4, 0.5) is 0 Å². The molecule has 1 aliphatic heterocycles. The van der Waals surface area contributed by atoms with Gasteiger partial charge in [-0.15, -0.1) is 0 Å². The summed E-state index contributed by atoms with van der Waals surface area (Å²) in [6.07, 6.45) is 0.477. The molecule has 1 N–H and O–H groups in total. The molecule has 1 amide bonds. The van der Waals surface area contributed by atoms with E-state index in [1.807, 2.05) is 43.3 Å². The van der Waals surface area contributed by atoms with Gasteiger partial charge in [-0.25, -0.2) is 0 Å². The van der Waals surface area contributed by atoms with E-state index < -0.39 is 11.9 Å². The van der Waals surface area contributed by atoms with Crippen molar-refractivity contribution in [1.29, 1.82) is 0 Å². The van der Waals surface area contributed by atoms with Crippen molar-refractivity contribution in [2.45, 2.75) is 26.3 Å². The van der Waals surface area contributed by atoms with Gasteiger partial charge in [0.15, 0.2) is 5.76 Å². The zero-order valence-corrected chi connectivity index (χ0v) is 14.2. The Morgan fingerprint density at radius 3 is 2.64 bits per heavy atom. The number of hydrogen-bond acceptors (Lipinski definition) is 3. The van der Waals surface area contributed by atoms with Crippen LogP contribution in [0.2, 0.25) is 0 Å². The first-order valence-corrected chi connectivity index (χ1v) is 8.43. The van der Waals surface area contributed by atoms with E-state index in [1.54, 1.807) is 11.8 Å². The summed E-state index contributed by atoms with van der Waals surface area (Å²) in [7, 11) is 0. The van der Waals surface area contributed by atoms with E-state index in [9.17, 15) is 14.7 Å². The molecule has 128 valence electrons. The molecule has 0 saturated carbocycles. The number of hydrogen-bond donors (Lipinski definition) is 1. The van der Waals surface area contributed by atoms with E-state index >= 15 is 0 Å². The normalized spacial score (nSPS) is 20.5. The number of amides is 1. The molecule has 5 heteroatoms. The highest BCUT2D eigenvalue weighted by atomic mass is 16.4. The number of carbonyl (C=O) groups excluding carboxylic acids is 1. The molecular weight excluding hydrogens is 318 g/mol. The number of rotatable bonds is 2. The Kier molecular flexibility index (Phi) is 3.53. The van der Waals surface area contributed by atoms with Crippen molar-refractivity contribution in [3.05, 3.63) is 47.7 Å². The molecule has 5 nitrogen and oxygen atoms in total. The van der Waals surface area contributed by atoms with Crippen molar-refractivity contribution >= 4 is 33.6 Å². The van der Waals surface area contributed by atoms with Crippen LogP contribution in [0.3, 0.4) is 0 Å². The number of fused-ring (bicyclic) bond motifs is 3. The number of carboxylic acid groups (broad SMARTS) is 1. The Labute approximate surface area is 144 Å². The van der Waals surface area contributed by atoms with Crippen molar-refractivity contribution in [3.63, 3.8) is 0 Å². The molecule has 4 rings (SSSR count). The Balaban J connectivity index is 1.79. The molecule has 0 radical (unpaired) electrons. The predicted octanol–water partition coefficient (Wildman–Crippen LogP) is 3.83. The first-order chi connectivity index (χ1) is 12.0. The van der Waals surface area contributed by atoms with Crippen LogP contribution in [0, 0.1) is 12.8 Å². The van der Waals surface area contributed by atoms with Gasteiger partial charge in [0.1, 0.15) is 5.58 Å². The lowest BCUT2D eigenvalue weighted by atomic mass is 10.0. The number of likely N-dealkylation sites (tertiary alicyclic amines) is 1. The van der Waals surface area contributed by atoms with E-state index in [0.29, 0.717) is 24.3 Å². The van der Waals surface area contributed by atoms with Crippen LogP contribution in [0.5, 0.6) is 0 Å². The average Bonchev–Trinajstić information content (AvgIpc) is 3.15. The van der Waals surface area contributed by atoms with Crippen LogP contribution in [-0.2, 0) is 4.79 Å². The van der Waals surface area contributed by atoms with Gasteiger partial charge in [-0.3, -0.25) is 9.59 Å². The first-order valence-electron chi connectivity index (χ1n) is 8.43. The third-order valence-electron chi connectivity index (χ3n) is 5.36. The lowest BCUT2D eigenvalue weighted by Gasteiger charge is -2.22. The van der Waals surface area contributed by atoms with Gasteiger partial charge in [-0.2, -0.15) is 0 Å². The van der Waals surface area contributed by atoms with E-state index in [2.05, 4.69) is 0 Å². The summed E-state index contributed by atoms with van der Waals surface area (Å²) >= 11 is 0. The van der Waals surface area contributed by atoms with Gasteiger partial charge in [-0.1, -0.05) is 36.4 Å². The van der Waals surface area contributed by atoms with Crippen LogP contribution < -0.4 is 0 Å². The second-order valence-electron chi connectivity index (χ2n) is 6.69. The molecule has 3 aromatic rings. The molecule has 2 unspecified atom stereocenters. The number of carbonyl (C=O) groups is 2. The second kappa shape index (κ2) is 5.62. The van der Waals surface area contributed by atoms with Crippen molar-refractivity contribution in [3.8, 4) is 0 Å². The van der Waals surface area contributed by atoms with Gasteiger partial charge in [0.25, 0.3) is 5.91 Å². The second-order valence-corrected chi connectivity index (χ2v) is 6.69. The third kappa shape index (κ3) is 2.30. The number of aryl methyl sites for hydroxylation is 1. The predicted molar refractivity (Wildman–Crippen MR) is 94.7 cm³/mol. The van der Waals surface area contributed by atoms with Crippen LogP contribution in [0.25, 0.3) is 21.7 Å². The first kappa shape index (κ1) is 15.7. The number of benzene rings is 2. The largest absolute Gasteiger partial charge is 0.481 e. The molecule has 0 aliphatic carbocycles. The lowest BCUT2D eigenvalue weighted by molar-refractivity contribution is -0.142. The fourth-order valence-electron chi connectivity index (χ4n) is 3.84. The van der Waals surface area contributed by atoms with Gasteiger partial charge >= 0.3 is 5.97 Å². The zero-order chi connectivity index (χ0) is 17.7. The van der Waals surface area contributed by atoms with Gasteiger partial charge in [0.2, 0.25) is 0 Å². The Morgan fingerprint density at radius 2 is 1.92 bits per heavy atom. The minimum absolute atomic E-state index is 0.228. The molecule has 0 spiro atoms. The molecule has 1 aromatic heterocycles. The van der Waals surface area contributed by atoms with Gasteiger partial charge in [0, 0.05) is 28.9 Å². The Morgan fingerprint density at radius 1 is 1.16 bits per heavy atom. The monoisotopic (exact) mass is 337 g/mol. The minimum Gasteiger partial charge on any atom is -0.481 e. The highest BCUT2D eigenvalue weighted by Gasteiger charge is 2.39. The number of aliphatic carboxylic acids is 1. The molecule has 1 fully saturated rings. The number of furan rings is 1. The van der Waals surface area contributed by atoms with E-state index in [4.69, 9.17) is 4.42 Å². The topological polar surface area (TPSA) is 70.8 Å². The molecule has 25 heavy (non-hydrogen) atoms. The van der Waals surface area contributed by atoms with E-state index in [-0.39, 0.29) is 11.9 Å². The molecule has 2 atom stereocenters. The summed E-state index contributed by atoms with van der Waals surface area (Å²) in [6, 6.07) is 11.6. The summed E-state index contributed by atoms with van der Waals surface area (Å²) in [5.41, 5.74) is 1.51. The quantitative estimate of drug-likeness (QED) is 0.771. The van der Waals surface area contributed by atoms with Crippen LogP contribution in [0.15, 0.2) is 40.8 Å². The van der Waals surface area contributed by atoms with Gasteiger partial charge in [0.05, 0.1) is 5.92 Å². The molecule has 1 aliphatic rings. The molecule has 1 saturated heterocycles. The summed E-state index contributed by atoms with van der Waals surface area (Å²) in [5, 5.41) is 12.2. The Hall–Kier alpha value is -2.82. The van der Waals surface area contributed by atoms with Crippen molar-refractivity contribution in [2.24, 2.45) is 5.92 Å². The lowest BCUT2D eigenvalue weighted by Crippen LogP contribution is -2.37. The standard InChI is InChI=1S/C20H19NO4/c1-11-14-8-7-13-5-3-4-6-16(13)18(14)25-17(11)19(22)21-10-9-15(12(21)2)20(23)24/h3-8,12,15H,9-10H2,1-2H3,(H,23,24). The van der Waals surface area contributed by atoms with Crippen LogP contribution in [-0.4, -0.2) is 34.5 Å². The third-order valence-corrected chi connectivity index (χ3v) is 5.36. The highest BCUT2D eigenvalue weighted by Crippen LogP contribution is 2.34. The van der Waals surface area contributed by atoms with Crippen molar-refractivity contribution < 1.29 is 19.1 Å². The van der Waals surface area contributed by atoms with Gasteiger partial charge in [-0.05, 0) is 25.7 Å². The summed E-state index contributed by atoms with van der Waals surface area (Å²) < 4.78 is 5.99. The molecular formula is C20H19NO4. The summed E-state index contributed by atoms with van der Waals surface area (Å²) in [4.78, 5) is 25.9. The van der Waals surface area contributed by atoms with Crippen LogP contribution in [0.1, 0.15) is 29.5 Å². The van der Waals surface area contributed by atoms with Crippen molar-refractivity contribution in [2.75, 3.05) is 6.54 Å². The average molecular weight is 337 g/mol. The maximum Gasteiger partial charge on any atom is 0.308 e. The summed E-state index contributed by atoms with van der Waals surface area (Å²) in [5.74, 6) is -1.29. The van der Waals surface area contributed by atoms with E-state index in [0.717, 1.165) is 21.7 Å². The molecule has 2 aromatic carbocycles. The molecule has 2 heterocycles. The maximum atomic E-state index is 13.0. The van der Waals surface area contributed by atoms with Gasteiger partial charge < -0.3 is 14.4 Å². The van der Waals surface area contributed by atoms with Crippen LogP contribution >= 0.6 is 0 Å². The number of nitrogens with zero attached hydrogens (tertiary/aromatic N) is 1. The molecule has 0 bridgehead atoms.